The molecule has 0 saturated carbocycles. The first kappa shape index (κ1) is 19.0. The fourth-order valence-electron chi connectivity index (χ4n) is 2.40. The first-order chi connectivity index (χ1) is 12.9. The van der Waals surface area contributed by atoms with Crippen LogP contribution in [0.2, 0.25) is 5.02 Å². The fourth-order valence-corrected chi connectivity index (χ4v) is 3.22. The Bertz CT molecular complexity index is 1070. The monoisotopic (exact) mass is 401 g/mol. The number of hydrogen-bond acceptors (Lipinski definition) is 4. The Morgan fingerprint density at radius 3 is 2.44 bits per heavy atom. The number of carbonyl (C=O) groups excluding carboxylic acids is 1. The highest BCUT2D eigenvalue weighted by molar-refractivity contribution is 8.00. The van der Waals surface area contributed by atoms with Crippen molar-refractivity contribution >= 4 is 35.1 Å². The molecule has 8 heteroatoms. The third-order valence-corrected chi connectivity index (χ3v) is 4.95. The molecule has 2 N–H and O–H groups in total. The Labute approximate surface area is 164 Å². The zero-order valence-electron chi connectivity index (χ0n) is 14.4. The number of amides is 1. The highest BCUT2D eigenvalue weighted by atomic mass is 35.5. The largest absolute Gasteiger partial charge is 0.334 e. The van der Waals surface area contributed by atoms with Crippen LogP contribution < -0.4 is 16.6 Å². The predicted octanol–water partition coefficient (Wildman–Crippen LogP) is 3.22. The zero-order valence-corrected chi connectivity index (χ0v) is 15.9. The second-order valence-electron chi connectivity index (χ2n) is 5.79. The van der Waals surface area contributed by atoms with E-state index in [0.29, 0.717) is 10.7 Å². The van der Waals surface area contributed by atoms with Gasteiger partial charge >= 0.3 is 5.69 Å². The Kier molecular flexibility index (Phi) is 5.83. The van der Waals surface area contributed by atoms with E-state index in [2.05, 4.69) is 10.3 Å². The molecule has 0 atom stereocenters. The summed E-state index contributed by atoms with van der Waals surface area (Å²) in [7, 11) is 0. The van der Waals surface area contributed by atoms with E-state index in [1.807, 2.05) is 31.2 Å². The molecular formula is C19H16ClN3O3S. The second-order valence-corrected chi connectivity index (χ2v) is 7.27. The molecule has 0 unspecified atom stereocenters. The summed E-state index contributed by atoms with van der Waals surface area (Å²) >= 11 is 7.17. The number of H-pyrrole nitrogens is 1. The lowest BCUT2D eigenvalue weighted by atomic mass is 10.2. The van der Waals surface area contributed by atoms with E-state index in [9.17, 15) is 14.4 Å². The lowest BCUT2D eigenvalue weighted by Gasteiger charge is -2.13. The van der Waals surface area contributed by atoms with E-state index in [1.165, 1.54) is 22.4 Å². The summed E-state index contributed by atoms with van der Waals surface area (Å²) in [5, 5.41) is 3.26. The average molecular weight is 402 g/mol. The minimum atomic E-state index is -0.619. The van der Waals surface area contributed by atoms with Crippen molar-refractivity contribution in [2.24, 2.45) is 0 Å². The first-order valence-corrected chi connectivity index (χ1v) is 9.40. The van der Waals surface area contributed by atoms with Crippen LogP contribution in [0, 0.1) is 6.92 Å². The van der Waals surface area contributed by atoms with Crippen molar-refractivity contribution in [3.8, 4) is 5.69 Å². The van der Waals surface area contributed by atoms with E-state index >= 15 is 0 Å². The highest BCUT2D eigenvalue weighted by Crippen LogP contribution is 2.20. The van der Waals surface area contributed by atoms with Crippen LogP contribution in [0.4, 0.5) is 5.82 Å². The van der Waals surface area contributed by atoms with Gasteiger partial charge < -0.3 is 5.32 Å². The number of aromatic nitrogens is 2. The van der Waals surface area contributed by atoms with Gasteiger partial charge in [0, 0.05) is 16.0 Å². The molecule has 138 valence electrons. The molecule has 3 aromatic rings. The van der Waals surface area contributed by atoms with Crippen LogP contribution in [0.25, 0.3) is 5.69 Å². The number of benzene rings is 2. The van der Waals surface area contributed by atoms with Crippen molar-refractivity contribution in [3.63, 3.8) is 0 Å². The van der Waals surface area contributed by atoms with Crippen molar-refractivity contribution in [2.75, 3.05) is 11.1 Å². The Balaban J connectivity index is 1.82. The molecular weight excluding hydrogens is 386 g/mol. The summed E-state index contributed by atoms with van der Waals surface area (Å²) in [6.07, 6.45) is 0. The number of aryl methyl sites for hydroxylation is 1. The van der Waals surface area contributed by atoms with Gasteiger partial charge in [0.25, 0.3) is 5.56 Å². The van der Waals surface area contributed by atoms with Gasteiger partial charge in [-0.3, -0.25) is 14.6 Å². The molecule has 0 bridgehead atoms. The zero-order chi connectivity index (χ0) is 19.4. The lowest BCUT2D eigenvalue weighted by molar-refractivity contribution is -0.113. The maximum absolute atomic E-state index is 12.3. The van der Waals surface area contributed by atoms with Crippen LogP contribution >= 0.6 is 23.4 Å². The van der Waals surface area contributed by atoms with Crippen LogP contribution in [-0.4, -0.2) is 21.2 Å². The topological polar surface area (TPSA) is 84.0 Å². The number of anilines is 1. The number of nitrogens with one attached hydrogen (secondary N) is 2. The molecule has 0 aliphatic rings. The molecule has 0 radical (unpaired) electrons. The number of aromatic amines is 1. The SMILES string of the molecule is Cc1ccc(-n2c(NC(=O)CSc3ccc(Cl)cc3)cc(=O)[nH]c2=O)cc1. The number of nitrogens with zero attached hydrogens (tertiary/aromatic N) is 1. The minimum absolute atomic E-state index is 0.120. The molecule has 1 amide bonds. The molecule has 0 fully saturated rings. The van der Waals surface area contributed by atoms with Crippen LogP contribution in [0.3, 0.4) is 0 Å². The number of carbonyl (C=O) groups is 1. The van der Waals surface area contributed by atoms with Crippen molar-refractivity contribution < 1.29 is 4.79 Å². The van der Waals surface area contributed by atoms with Crippen LogP contribution in [0.15, 0.2) is 69.1 Å². The van der Waals surface area contributed by atoms with Crippen molar-refractivity contribution in [2.45, 2.75) is 11.8 Å². The standard InChI is InChI=1S/C19H16ClN3O3S/c1-12-2-6-14(7-3-12)23-16(10-17(24)22-19(23)26)21-18(25)11-27-15-8-4-13(20)5-9-15/h2-10H,11H2,1H3,(H,21,25)(H,22,24,26). The molecule has 0 spiro atoms. The lowest BCUT2D eigenvalue weighted by Crippen LogP contribution is -2.32. The number of thioether (sulfide) groups is 1. The maximum atomic E-state index is 12.3. The van der Waals surface area contributed by atoms with E-state index < -0.39 is 11.2 Å². The maximum Gasteiger partial charge on any atom is 0.334 e. The van der Waals surface area contributed by atoms with Gasteiger partial charge in [-0.2, -0.15) is 0 Å². The molecule has 0 aliphatic carbocycles. The summed E-state index contributed by atoms with van der Waals surface area (Å²) in [4.78, 5) is 39.4. The Hall–Kier alpha value is -2.77. The van der Waals surface area contributed by atoms with Crippen LogP contribution in [0.5, 0.6) is 0 Å². The molecule has 0 saturated heterocycles. The summed E-state index contributed by atoms with van der Waals surface area (Å²) in [6, 6.07) is 15.5. The van der Waals surface area contributed by atoms with E-state index in [-0.39, 0.29) is 17.5 Å². The quantitative estimate of drug-likeness (QED) is 0.643. The van der Waals surface area contributed by atoms with E-state index in [0.717, 1.165) is 10.5 Å². The van der Waals surface area contributed by atoms with Crippen molar-refractivity contribution in [1.82, 2.24) is 9.55 Å². The van der Waals surface area contributed by atoms with Crippen LogP contribution in [0.1, 0.15) is 5.56 Å². The van der Waals surface area contributed by atoms with Crippen molar-refractivity contribution in [1.29, 1.82) is 0 Å². The second kappa shape index (κ2) is 8.28. The summed E-state index contributed by atoms with van der Waals surface area (Å²) in [6.45, 7) is 1.93. The van der Waals surface area contributed by atoms with Gasteiger partial charge in [-0.15, -0.1) is 11.8 Å². The minimum Gasteiger partial charge on any atom is -0.311 e. The third-order valence-electron chi connectivity index (χ3n) is 3.69. The number of hydrogen-bond donors (Lipinski definition) is 2. The predicted molar refractivity (Wildman–Crippen MR) is 108 cm³/mol. The number of rotatable bonds is 5. The first-order valence-electron chi connectivity index (χ1n) is 8.04. The van der Waals surface area contributed by atoms with Gasteiger partial charge in [-0.25, -0.2) is 9.36 Å². The molecule has 1 heterocycles. The van der Waals surface area contributed by atoms with Gasteiger partial charge in [0.05, 0.1) is 11.4 Å². The normalized spacial score (nSPS) is 10.6. The summed E-state index contributed by atoms with van der Waals surface area (Å²) in [5.74, 6) is -0.0913. The molecule has 1 aromatic heterocycles. The van der Waals surface area contributed by atoms with Gasteiger partial charge in [-0.05, 0) is 43.3 Å². The summed E-state index contributed by atoms with van der Waals surface area (Å²) in [5.41, 5.74) is 0.375. The van der Waals surface area contributed by atoms with Gasteiger partial charge in [0.2, 0.25) is 5.91 Å². The molecule has 0 aliphatic heterocycles. The van der Waals surface area contributed by atoms with Crippen molar-refractivity contribution in [3.05, 3.63) is 86.0 Å². The smallest absolute Gasteiger partial charge is 0.311 e. The molecule has 2 aromatic carbocycles. The van der Waals surface area contributed by atoms with E-state index in [1.54, 1.807) is 24.3 Å². The molecule has 6 nitrogen and oxygen atoms in total. The average Bonchev–Trinajstić information content (AvgIpc) is 2.62. The van der Waals surface area contributed by atoms with Gasteiger partial charge in [0.15, 0.2) is 0 Å². The Morgan fingerprint density at radius 2 is 1.78 bits per heavy atom. The van der Waals surface area contributed by atoms with Gasteiger partial charge in [0.1, 0.15) is 5.82 Å². The summed E-state index contributed by atoms with van der Waals surface area (Å²) < 4.78 is 1.26. The molecule has 3 rings (SSSR count). The highest BCUT2D eigenvalue weighted by Gasteiger charge is 2.12. The third kappa shape index (κ3) is 4.90. The van der Waals surface area contributed by atoms with Gasteiger partial charge in [-0.1, -0.05) is 29.3 Å². The molecule has 27 heavy (non-hydrogen) atoms. The number of halogens is 1. The Morgan fingerprint density at radius 1 is 1.11 bits per heavy atom. The fraction of sp³-hybridized carbons (Fsp3) is 0.105. The van der Waals surface area contributed by atoms with E-state index in [4.69, 9.17) is 11.6 Å². The van der Waals surface area contributed by atoms with Crippen LogP contribution in [-0.2, 0) is 4.79 Å².